The third kappa shape index (κ3) is 6.66. The second-order valence-electron chi connectivity index (χ2n) is 12.2. The molecule has 4 rings (SSSR count). The van der Waals surface area contributed by atoms with Gasteiger partial charge in [0.15, 0.2) is 0 Å². The van der Waals surface area contributed by atoms with Crippen molar-refractivity contribution in [2.45, 2.75) is 84.7 Å². The molecular formula is C28H47N5O2. The Morgan fingerprint density at radius 1 is 1.00 bits per heavy atom. The number of amides is 2. The SMILES string of the molecule is CC(C)C[C@H]1C(=O)N([C@@H](CC(C)C)C(=O)N2CCC(Cc3nccn3C)CC2)CCN1CC1CC1. The zero-order chi connectivity index (χ0) is 25.1. The van der Waals surface area contributed by atoms with Crippen LogP contribution in [0, 0.1) is 23.7 Å². The molecule has 1 aromatic heterocycles. The molecule has 0 unspecified atom stereocenters. The Labute approximate surface area is 212 Å². The molecule has 3 fully saturated rings. The van der Waals surface area contributed by atoms with Crippen LogP contribution < -0.4 is 0 Å². The van der Waals surface area contributed by atoms with Crippen LogP contribution in [0.2, 0.25) is 0 Å². The van der Waals surface area contributed by atoms with Gasteiger partial charge in [-0.1, -0.05) is 27.7 Å². The lowest BCUT2D eigenvalue weighted by atomic mass is 9.91. The molecule has 2 amide bonds. The fourth-order valence-electron chi connectivity index (χ4n) is 5.93. The third-order valence-electron chi connectivity index (χ3n) is 8.20. The first-order valence-electron chi connectivity index (χ1n) is 14.0. The maximum Gasteiger partial charge on any atom is 0.245 e. The molecule has 2 saturated heterocycles. The number of piperidine rings is 1. The smallest absolute Gasteiger partial charge is 0.245 e. The molecule has 2 atom stereocenters. The quantitative estimate of drug-likeness (QED) is 0.508. The van der Waals surface area contributed by atoms with Crippen LogP contribution in [0.5, 0.6) is 0 Å². The Morgan fingerprint density at radius 2 is 1.71 bits per heavy atom. The van der Waals surface area contributed by atoms with E-state index in [9.17, 15) is 9.59 Å². The van der Waals surface area contributed by atoms with Crippen molar-refractivity contribution in [2.24, 2.45) is 30.7 Å². The van der Waals surface area contributed by atoms with Gasteiger partial charge in [-0.15, -0.1) is 0 Å². The lowest BCUT2D eigenvalue weighted by Crippen LogP contribution is -2.63. The molecule has 3 aliphatic rings. The summed E-state index contributed by atoms with van der Waals surface area (Å²) in [7, 11) is 2.05. The van der Waals surface area contributed by atoms with Crippen molar-refractivity contribution >= 4 is 11.8 Å². The van der Waals surface area contributed by atoms with E-state index in [4.69, 9.17) is 0 Å². The summed E-state index contributed by atoms with van der Waals surface area (Å²) in [5, 5.41) is 0. The molecule has 1 aromatic rings. The van der Waals surface area contributed by atoms with Crippen LogP contribution in [0.3, 0.4) is 0 Å². The molecule has 0 aromatic carbocycles. The Morgan fingerprint density at radius 3 is 2.29 bits per heavy atom. The molecular weight excluding hydrogens is 438 g/mol. The topological polar surface area (TPSA) is 61.7 Å². The lowest BCUT2D eigenvalue weighted by molar-refractivity contribution is -0.155. The fourth-order valence-corrected chi connectivity index (χ4v) is 5.93. The number of hydrogen-bond donors (Lipinski definition) is 0. The van der Waals surface area contributed by atoms with E-state index >= 15 is 0 Å². The van der Waals surface area contributed by atoms with Crippen molar-refractivity contribution in [3.63, 3.8) is 0 Å². The highest BCUT2D eigenvalue weighted by Crippen LogP contribution is 2.33. The Balaban J connectivity index is 1.41. The second kappa shape index (κ2) is 11.4. The van der Waals surface area contributed by atoms with Gasteiger partial charge in [0, 0.05) is 58.6 Å². The van der Waals surface area contributed by atoms with Gasteiger partial charge >= 0.3 is 0 Å². The summed E-state index contributed by atoms with van der Waals surface area (Å²) < 4.78 is 2.10. The third-order valence-corrected chi connectivity index (χ3v) is 8.20. The number of imidazole rings is 1. The van der Waals surface area contributed by atoms with E-state index in [1.165, 1.54) is 12.8 Å². The second-order valence-corrected chi connectivity index (χ2v) is 12.2. The molecule has 0 bridgehead atoms. The molecule has 35 heavy (non-hydrogen) atoms. The normalized spacial score (nSPS) is 23.5. The van der Waals surface area contributed by atoms with Crippen LogP contribution in [0.15, 0.2) is 12.4 Å². The number of likely N-dealkylation sites (tertiary alicyclic amines) is 1. The van der Waals surface area contributed by atoms with Crippen molar-refractivity contribution in [1.29, 1.82) is 0 Å². The molecule has 1 saturated carbocycles. The Kier molecular flexibility index (Phi) is 8.56. The summed E-state index contributed by atoms with van der Waals surface area (Å²) in [6.07, 6.45) is 11.1. The molecule has 7 nitrogen and oxygen atoms in total. The highest BCUT2D eigenvalue weighted by molar-refractivity contribution is 5.90. The van der Waals surface area contributed by atoms with E-state index in [2.05, 4.69) is 42.1 Å². The van der Waals surface area contributed by atoms with Gasteiger partial charge in [0.2, 0.25) is 11.8 Å². The van der Waals surface area contributed by atoms with E-state index in [1.807, 2.05) is 29.2 Å². The van der Waals surface area contributed by atoms with Gasteiger partial charge in [0.05, 0.1) is 6.04 Å². The number of piperazine rings is 1. The zero-order valence-corrected chi connectivity index (χ0v) is 22.7. The van der Waals surface area contributed by atoms with Crippen LogP contribution in [0.25, 0.3) is 0 Å². The van der Waals surface area contributed by atoms with E-state index in [0.29, 0.717) is 24.3 Å². The summed E-state index contributed by atoms with van der Waals surface area (Å²) in [4.78, 5) is 38.6. The predicted octanol–water partition coefficient (Wildman–Crippen LogP) is 3.58. The maximum atomic E-state index is 13.9. The van der Waals surface area contributed by atoms with Gasteiger partial charge in [0.25, 0.3) is 0 Å². The van der Waals surface area contributed by atoms with E-state index in [0.717, 1.165) is 70.0 Å². The van der Waals surface area contributed by atoms with Crippen molar-refractivity contribution in [3.05, 3.63) is 18.2 Å². The summed E-state index contributed by atoms with van der Waals surface area (Å²) >= 11 is 0. The van der Waals surface area contributed by atoms with E-state index in [-0.39, 0.29) is 23.9 Å². The minimum atomic E-state index is -0.327. The van der Waals surface area contributed by atoms with Crippen LogP contribution in [-0.4, -0.2) is 80.9 Å². The molecule has 0 N–H and O–H groups in total. The minimum Gasteiger partial charge on any atom is -0.341 e. The van der Waals surface area contributed by atoms with Crippen LogP contribution in [-0.2, 0) is 23.1 Å². The van der Waals surface area contributed by atoms with Crippen LogP contribution in [0.1, 0.15) is 72.0 Å². The van der Waals surface area contributed by atoms with E-state index in [1.54, 1.807) is 0 Å². The van der Waals surface area contributed by atoms with Crippen LogP contribution >= 0.6 is 0 Å². The summed E-state index contributed by atoms with van der Waals surface area (Å²) in [6, 6.07) is -0.401. The van der Waals surface area contributed by atoms with Gasteiger partial charge < -0.3 is 14.4 Å². The molecule has 196 valence electrons. The summed E-state index contributed by atoms with van der Waals surface area (Å²) in [5.41, 5.74) is 0. The summed E-state index contributed by atoms with van der Waals surface area (Å²) in [5.74, 6) is 3.64. The maximum absolute atomic E-state index is 13.9. The minimum absolute atomic E-state index is 0.0738. The molecule has 0 spiro atoms. The highest BCUT2D eigenvalue weighted by Gasteiger charge is 2.43. The number of aromatic nitrogens is 2. The van der Waals surface area contributed by atoms with Gasteiger partial charge in [-0.2, -0.15) is 0 Å². The largest absolute Gasteiger partial charge is 0.341 e. The number of rotatable bonds is 10. The highest BCUT2D eigenvalue weighted by atomic mass is 16.2. The van der Waals surface area contributed by atoms with Crippen molar-refractivity contribution in [2.75, 3.05) is 32.7 Å². The first kappa shape index (κ1) is 26.2. The monoisotopic (exact) mass is 485 g/mol. The first-order chi connectivity index (χ1) is 16.7. The lowest BCUT2D eigenvalue weighted by Gasteiger charge is -2.45. The average molecular weight is 486 g/mol. The number of nitrogens with zero attached hydrogens (tertiary/aromatic N) is 5. The molecule has 2 aliphatic heterocycles. The zero-order valence-electron chi connectivity index (χ0n) is 22.7. The van der Waals surface area contributed by atoms with Crippen molar-refractivity contribution in [1.82, 2.24) is 24.3 Å². The number of carbonyl (C=O) groups is 2. The predicted molar refractivity (Wildman–Crippen MR) is 139 cm³/mol. The van der Waals surface area contributed by atoms with Crippen molar-refractivity contribution < 1.29 is 9.59 Å². The fraction of sp³-hybridized carbons (Fsp3) is 0.821. The number of hydrogen-bond acceptors (Lipinski definition) is 4. The van der Waals surface area contributed by atoms with Gasteiger partial charge in [-0.25, -0.2) is 4.98 Å². The van der Waals surface area contributed by atoms with Gasteiger partial charge in [0.1, 0.15) is 11.9 Å². The molecule has 1 aliphatic carbocycles. The van der Waals surface area contributed by atoms with E-state index < -0.39 is 0 Å². The molecule has 0 radical (unpaired) electrons. The van der Waals surface area contributed by atoms with Gasteiger partial charge in [-0.3, -0.25) is 14.5 Å². The van der Waals surface area contributed by atoms with Crippen molar-refractivity contribution in [3.8, 4) is 0 Å². The average Bonchev–Trinajstić information content (AvgIpc) is 3.54. The standard InChI is InChI=1S/C28H47N5O2/c1-20(2)16-24-28(35)33(15-14-32(24)19-23-6-7-23)25(17-21(3)4)27(34)31-11-8-22(9-12-31)18-26-29-10-13-30(26)5/h10,13,20-25H,6-9,11-12,14-19H2,1-5H3/t24-,25-/m0/s1. The first-order valence-corrected chi connectivity index (χ1v) is 14.0. The van der Waals surface area contributed by atoms with Crippen LogP contribution in [0.4, 0.5) is 0 Å². The Bertz CT molecular complexity index is 853. The summed E-state index contributed by atoms with van der Waals surface area (Å²) in [6.45, 7) is 12.9. The van der Waals surface area contributed by atoms with Gasteiger partial charge in [-0.05, 0) is 62.2 Å². The Hall–Kier alpha value is -1.89. The molecule has 7 heteroatoms. The number of carbonyl (C=O) groups excluding carboxylic acids is 2. The molecule has 3 heterocycles. The number of aryl methyl sites for hydroxylation is 1.